The number of hydrogen-bond acceptors (Lipinski definition) is 3. The SMILES string of the molecule is NCC1CCN(CCCC(=O)O)C1. The Bertz CT molecular complexity index is 173. The van der Waals surface area contributed by atoms with Crippen LogP contribution < -0.4 is 5.73 Å². The van der Waals surface area contributed by atoms with Gasteiger partial charge in [0.1, 0.15) is 0 Å². The van der Waals surface area contributed by atoms with Crippen LogP contribution in [-0.4, -0.2) is 42.2 Å². The van der Waals surface area contributed by atoms with E-state index in [9.17, 15) is 4.79 Å². The van der Waals surface area contributed by atoms with E-state index in [2.05, 4.69) is 4.90 Å². The first kappa shape index (κ1) is 10.5. The molecule has 0 aromatic heterocycles. The van der Waals surface area contributed by atoms with E-state index in [4.69, 9.17) is 10.8 Å². The summed E-state index contributed by atoms with van der Waals surface area (Å²) in [7, 11) is 0. The molecule has 4 heteroatoms. The molecule has 1 aliphatic heterocycles. The van der Waals surface area contributed by atoms with Crippen molar-refractivity contribution in [2.24, 2.45) is 11.7 Å². The highest BCUT2D eigenvalue weighted by Gasteiger charge is 2.20. The first-order valence-corrected chi connectivity index (χ1v) is 4.86. The normalized spacial score (nSPS) is 23.6. The number of rotatable bonds is 5. The zero-order valence-corrected chi connectivity index (χ0v) is 7.91. The monoisotopic (exact) mass is 186 g/mol. The molecular formula is C9H18N2O2. The fraction of sp³-hybridized carbons (Fsp3) is 0.889. The zero-order chi connectivity index (χ0) is 9.68. The number of carbonyl (C=O) groups is 1. The molecule has 3 N–H and O–H groups in total. The lowest BCUT2D eigenvalue weighted by molar-refractivity contribution is -0.137. The Morgan fingerprint density at radius 2 is 2.38 bits per heavy atom. The van der Waals surface area contributed by atoms with Gasteiger partial charge >= 0.3 is 5.97 Å². The minimum absolute atomic E-state index is 0.282. The van der Waals surface area contributed by atoms with E-state index in [0.717, 1.165) is 32.6 Å². The number of carboxylic acid groups (broad SMARTS) is 1. The molecule has 0 saturated carbocycles. The molecule has 1 unspecified atom stereocenters. The fourth-order valence-corrected chi connectivity index (χ4v) is 1.76. The van der Waals surface area contributed by atoms with Crippen molar-refractivity contribution in [1.29, 1.82) is 0 Å². The van der Waals surface area contributed by atoms with Crippen LogP contribution in [-0.2, 0) is 4.79 Å². The van der Waals surface area contributed by atoms with Crippen LogP contribution in [0.15, 0.2) is 0 Å². The zero-order valence-electron chi connectivity index (χ0n) is 7.91. The van der Waals surface area contributed by atoms with E-state index < -0.39 is 5.97 Å². The Hall–Kier alpha value is -0.610. The van der Waals surface area contributed by atoms with E-state index in [-0.39, 0.29) is 6.42 Å². The summed E-state index contributed by atoms with van der Waals surface area (Å²) in [5.74, 6) is -0.0700. The van der Waals surface area contributed by atoms with Crippen molar-refractivity contribution < 1.29 is 9.90 Å². The summed E-state index contributed by atoms with van der Waals surface area (Å²) in [4.78, 5) is 12.6. The average molecular weight is 186 g/mol. The number of likely N-dealkylation sites (tertiary alicyclic amines) is 1. The largest absolute Gasteiger partial charge is 0.481 e. The number of nitrogens with two attached hydrogens (primary N) is 1. The van der Waals surface area contributed by atoms with Gasteiger partial charge in [-0.05, 0) is 38.4 Å². The molecule has 4 nitrogen and oxygen atoms in total. The summed E-state index contributed by atoms with van der Waals surface area (Å²) in [5.41, 5.74) is 5.55. The highest BCUT2D eigenvalue weighted by molar-refractivity contribution is 5.66. The summed E-state index contributed by atoms with van der Waals surface area (Å²) in [5, 5.41) is 8.45. The Morgan fingerprint density at radius 3 is 2.92 bits per heavy atom. The van der Waals surface area contributed by atoms with Crippen molar-refractivity contribution in [2.75, 3.05) is 26.2 Å². The Morgan fingerprint density at radius 1 is 1.62 bits per heavy atom. The lowest BCUT2D eigenvalue weighted by atomic mass is 10.1. The average Bonchev–Trinajstić information content (AvgIpc) is 2.52. The maximum Gasteiger partial charge on any atom is 0.303 e. The third-order valence-electron chi connectivity index (χ3n) is 2.57. The van der Waals surface area contributed by atoms with Gasteiger partial charge < -0.3 is 15.7 Å². The molecule has 76 valence electrons. The molecule has 1 aliphatic rings. The first-order valence-electron chi connectivity index (χ1n) is 4.86. The standard InChI is InChI=1S/C9H18N2O2/c10-6-8-3-5-11(7-8)4-1-2-9(12)13/h8H,1-7,10H2,(H,12,13). The maximum absolute atomic E-state index is 10.3. The molecule has 1 rings (SSSR count). The molecule has 1 fully saturated rings. The van der Waals surface area contributed by atoms with Crippen molar-refractivity contribution in [1.82, 2.24) is 4.90 Å². The summed E-state index contributed by atoms with van der Waals surface area (Å²) in [6.45, 7) is 3.80. The lowest BCUT2D eigenvalue weighted by Gasteiger charge is -2.14. The van der Waals surface area contributed by atoms with E-state index in [1.54, 1.807) is 0 Å². The number of hydrogen-bond donors (Lipinski definition) is 2. The minimum atomic E-state index is -0.699. The van der Waals surface area contributed by atoms with Gasteiger partial charge in [-0.25, -0.2) is 0 Å². The van der Waals surface area contributed by atoms with Crippen molar-refractivity contribution >= 4 is 5.97 Å². The summed E-state index contributed by atoms with van der Waals surface area (Å²) >= 11 is 0. The summed E-state index contributed by atoms with van der Waals surface area (Å²) < 4.78 is 0. The van der Waals surface area contributed by atoms with E-state index >= 15 is 0 Å². The van der Waals surface area contributed by atoms with Gasteiger partial charge in [0, 0.05) is 13.0 Å². The van der Waals surface area contributed by atoms with Gasteiger partial charge in [0.15, 0.2) is 0 Å². The molecule has 0 spiro atoms. The molecule has 1 saturated heterocycles. The molecule has 0 aromatic rings. The lowest BCUT2D eigenvalue weighted by Crippen LogP contribution is -2.24. The maximum atomic E-state index is 10.3. The number of aliphatic carboxylic acids is 1. The quantitative estimate of drug-likeness (QED) is 0.640. The Kier molecular flexibility index (Phi) is 4.18. The highest BCUT2D eigenvalue weighted by atomic mass is 16.4. The molecule has 0 bridgehead atoms. The van der Waals surface area contributed by atoms with Gasteiger partial charge in [0.2, 0.25) is 0 Å². The molecule has 1 heterocycles. The first-order chi connectivity index (χ1) is 6.22. The second-order valence-electron chi connectivity index (χ2n) is 3.69. The molecule has 13 heavy (non-hydrogen) atoms. The Balaban J connectivity index is 2.07. The van der Waals surface area contributed by atoms with Crippen LogP contribution in [0.1, 0.15) is 19.3 Å². The molecular weight excluding hydrogens is 168 g/mol. The molecule has 0 aromatic carbocycles. The second-order valence-corrected chi connectivity index (χ2v) is 3.69. The van der Waals surface area contributed by atoms with Crippen molar-refractivity contribution in [3.8, 4) is 0 Å². The minimum Gasteiger partial charge on any atom is -0.481 e. The van der Waals surface area contributed by atoms with Crippen LogP contribution in [0.4, 0.5) is 0 Å². The second kappa shape index (κ2) is 5.19. The van der Waals surface area contributed by atoms with Gasteiger partial charge in [-0.1, -0.05) is 0 Å². The fourth-order valence-electron chi connectivity index (χ4n) is 1.76. The van der Waals surface area contributed by atoms with Crippen LogP contribution in [0.5, 0.6) is 0 Å². The predicted molar refractivity (Wildman–Crippen MR) is 50.5 cm³/mol. The summed E-state index contributed by atoms with van der Waals surface area (Å²) in [6, 6.07) is 0. The van der Waals surface area contributed by atoms with Crippen molar-refractivity contribution in [3.05, 3.63) is 0 Å². The molecule has 0 radical (unpaired) electrons. The molecule has 0 aliphatic carbocycles. The topological polar surface area (TPSA) is 66.6 Å². The smallest absolute Gasteiger partial charge is 0.303 e. The van der Waals surface area contributed by atoms with Gasteiger partial charge in [0.05, 0.1) is 0 Å². The van der Waals surface area contributed by atoms with Crippen molar-refractivity contribution in [3.63, 3.8) is 0 Å². The van der Waals surface area contributed by atoms with Crippen LogP contribution in [0.3, 0.4) is 0 Å². The van der Waals surface area contributed by atoms with Crippen molar-refractivity contribution in [2.45, 2.75) is 19.3 Å². The predicted octanol–water partition coefficient (Wildman–Crippen LogP) is 0.132. The van der Waals surface area contributed by atoms with Crippen LogP contribution in [0.2, 0.25) is 0 Å². The number of carboxylic acids is 1. The van der Waals surface area contributed by atoms with E-state index in [1.165, 1.54) is 6.42 Å². The van der Waals surface area contributed by atoms with Gasteiger partial charge in [-0.15, -0.1) is 0 Å². The molecule has 1 atom stereocenters. The van der Waals surface area contributed by atoms with E-state index in [0.29, 0.717) is 5.92 Å². The van der Waals surface area contributed by atoms with Gasteiger partial charge in [-0.2, -0.15) is 0 Å². The third-order valence-corrected chi connectivity index (χ3v) is 2.57. The van der Waals surface area contributed by atoms with Crippen LogP contribution in [0.25, 0.3) is 0 Å². The van der Waals surface area contributed by atoms with Crippen LogP contribution in [0, 0.1) is 5.92 Å². The molecule has 0 amide bonds. The third kappa shape index (κ3) is 3.74. The Labute approximate surface area is 78.7 Å². The number of nitrogens with zero attached hydrogens (tertiary/aromatic N) is 1. The van der Waals surface area contributed by atoms with E-state index in [1.807, 2.05) is 0 Å². The van der Waals surface area contributed by atoms with Gasteiger partial charge in [-0.3, -0.25) is 4.79 Å². The highest BCUT2D eigenvalue weighted by Crippen LogP contribution is 2.14. The van der Waals surface area contributed by atoms with Crippen LogP contribution >= 0.6 is 0 Å². The van der Waals surface area contributed by atoms with Gasteiger partial charge in [0.25, 0.3) is 0 Å². The summed E-state index contributed by atoms with van der Waals surface area (Å²) in [6.07, 6.45) is 2.21.